The second-order valence-corrected chi connectivity index (χ2v) is 9.71. The van der Waals surface area contributed by atoms with Gasteiger partial charge in [-0.1, -0.05) is 11.6 Å². The number of aliphatic hydroxyl groups excluding tert-OH is 1. The second kappa shape index (κ2) is 6.02. The standard InChI is InChI=1S/C12H14ClNO7S2/c1-14(9-5-22(18,19)6-10(9)15)23(20,21)11-4-7(12(16)17)2-3-8(11)13/h2-4,9-10,15H,5-6H2,1H3,(H,16,17)/t9-,10-/m1/s1. The summed E-state index contributed by atoms with van der Waals surface area (Å²) in [6, 6.07) is 2.02. The molecule has 2 rings (SSSR count). The highest BCUT2D eigenvalue weighted by atomic mass is 35.5. The minimum absolute atomic E-state index is 0.197. The van der Waals surface area contributed by atoms with E-state index in [1.807, 2.05) is 0 Å². The van der Waals surface area contributed by atoms with Gasteiger partial charge in [-0.2, -0.15) is 4.31 Å². The summed E-state index contributed by atoms with van der Waals surface area (Å²) in [6.45, 7) is 0. The third kappa shape index (κ3) is 3.50. The largest absolute Gasteiger partial charge is 0.478 e. The number of rotatable bonds is 4. The van der Waals surface area contributed by atoms with E-state index >= 15 is 0 Å². The fraction of sp³-hybridized carbons (Fsp3) is 0.417. The predicted octanol–water partition coefficient (Wildman–Crippen LogP) is -0.183. The number of likely N-dealkylation sites (N-methyl/N-ethyl adjacent to an activating group) is 1. The molecule has 2 N–H and O–H groups in total. The average Bonchev–Trinajstić information content (AvgIpc) is 2.70. The van der Waals surface area contributed by atoms with Gasteiger partial charge in [-0.05, 0) is 18.2 Å². The van der Waals surface area contributed by atoms with Gasteiger partial charge in [-0.25, -0.2) is 21.6 Å². The molecule has 0 spiro atoms. The van der Waals surface area contributed by atoms with Gasteiger partial charge >= 0.3 is 5.97 Å². The number of carboxylic acid groups (broad SMARTS) is 1. The van der Waals surface area contributed by atoms with E-state index in [0.717, 1.165) is 29.6 Å². The van der Waals surface area contributed by atoms with Crippen LogP contribution in [0.1, 0.15) is 10.4 Å². The van der Waals surface area contributed by atoms with Crippen molar-refractivity contribution >= 4 is 37.4 Å². The molecule has 11 heteroatoms. The number of carboxylic acids is 1. The van der Waals surface area contributed by atoms with Gasteiger partial charge in [0.25, 0.3) is 0 Å². The Morgan fingerprint density at radius 2 is 1.96 bits per heavy atom. The number of hydrogen-bond acceptors (Lipinski definition) is 6. The van der Waals surface area contributed by atoms with Crippen LogP contribution in [0.4, 0.5) is 0 Å². The summed E-state index contributed by atoms with van der Waals surface area (Å²) < 4.78 is 49.0. The van der Waals surface area contributed by atoms with Crippen molar-refractivity contribution in [2.75, 3.05) is 18.6 Å². The molecule has 2 atom stereocenters. The molecule has 0 aromatic heterocycles. The number of sulfonamides is 1. The number of benzene rings is 1. The van der Waals surface area contributed by atoms with Gasteiger partial charge in [0.05, 0.1) is 34.2 Å². The Balaban J connectivity index is 2.46. The van der Waals surface area contributed by atoms with Crippen LogP contribution in [0.3, 0.4) is 0 Å². The zero-order valence-corrected chi connectivity index (χ0v) is 14.3. The van der Waals surface area contributed by atoms with E-state index in [2.05, 4.69) is 0 Å². The molecule has 0 amide bonds. The number of aliphatic hydroxyl groups is 1. The Bertz CT molecular complexity index is 850. The molecule has 0 saturated carbocycles. The Hall–Kier alpha value is -1.20. The Kier molecular flexibility index (Phi) is 4.75. The van der Waals surface area contributed by atoms with E-state index in [1.165, 1.54) is 0 Å². The number of nitrogens with zero attached hydrogens (tertiary/aromatic N) is 1. The van der Waals surface area contributed by atoms with Gasteiger partial charge < -0.3 is 10.2 Å². The lowest BCUT2D eigenvalue weighted by atomic mass is 10.2. The number of sulfone groups is 1. The van der Waals surface area contributed by atoms with Crippen LogP contribution in [0.2, 0.25) is 5.02 Å². The van der Waals surface area contributed by atoms with E-state index in [1.54, 1.807) is 0 Å². The zero-order chi connectivity index (χ0) is 17.6. The highest BCUT2D eigenvalue weighted by Gasteiger charge is 2.43. The van der Waals surface area contributed by atoms with E-state index in [0.29, 0.717) is 0 Å². The molecule has 0 unspecified atom stereocenters. The van der Waals surface area contributed by atoms with Gasteiger partial charge in [0, 0.05) is 7.05 Å². The monoisotopic (exact) mass is 383 g/mol. The molecule has 1 heterocycles. The smallest absolute Gasteiger partial charge is 0.335 e. The van der Waals surface area contributed by atoms with Crippen LogP contribution in [0, 0.1) is 0 Å². The molecule has 1 aromatic carbocycles. The first kappa shape index (κ1) is 18.1. The number of carbonyl (C=O) groups is 1. The maximum absolute atomic E-state index is 12.6. The average molecular weight is 384 g/mol. The van der Waals surface area contributed by atoms with E-state index in [4.69, 9.17) is 16.7 Å². The maximum Gasteiger partial charge on any atom is 0.335 e. The summed E-state index contributed by atoms with van der Waals surface area (Å²) in [6.07, 6.45) is -1.36. The lowest BCUT2D eigenvalue weighted by molar-refractivity contribution is 0.0696. The van der Waals surface area contributed by atoms with Crippen LogP contribution in [0.15, 0.2) is 23.1 Å². The molecule has 23 heavy (non-hydrogen) atoms. The Morgan fingerprint density at radius 1 is 1.35 bits per heavy atom. The first-order chi connectivity index (χ1) is 10.5. The number of aromatic carboxylic acids is 1. The molecule has 0 aliphatic carbocycles. The van der Waals surface area contributed by atoms with Crippen LogP contribution in [0.25, 0.3) is 0 Å². The SMILES string of the molecule is CN([C@@H]1CS(=O)(=O)C[C@H]1O)S(=O)(=O)c1cc(C(=O)O)ccc1Cl. The van der Waals surface area contributed by atoms with Crippen molar-refractivity contribution < 1.29 is 31.8 Å². The molecule has 8 nitrogen and oxygen atoms in total. The summed E-state index contributed by atoms with van der Waals surface area (Å²) in [4.78, 5) is 10.5. The van der Waals surface area contributed by atoms with Crippen molar-refractivity contribution in [3.63, 3.8) is 0 Å². The van der Waals surface area contributed by atoms with Crippen LogP contribution < -0.4 is 0 Å². The van der Waals surface area contributed by atoms with Crippen molar-refractivity contribution in [1.82, 2.24) is 4.31 Å². The third-order valence-corrected chi connectivity index (χ3v) is 7.66. The van der Waals surface area contributed by atoms with Crippen LogP contribution in [-0.2, 0) is 19.9 Å². The first-order valence-electron chi connectivity index (χ1n) is 6.35. The molecule has 0 radical (unpaired) electrons. The van der Waals surface area contributed by atoms with E-state index in [-0.39, 0.29) is 10.6 Å². The number of halogens is 1. The van der Waals surface area contributed by atoms with E-state index < -0.39 is 54.4 Å². The third-order valence-electron chi connectivity index (χ3n) is 3.60. The summed E-state index contributed by atoms with van der Waals surface area (Å²) in [5.74, 6) is -2.37. The molecule has 1 aliphatic rings. The Morgan fingerprint density at radius 3 is 2.43 bits per heavy atom. The lowest BCUT2D eigenvalue weighted by Gasteiger charge is -2.25. The van der Waals surface area contributed by atoms with Gasteiger partial charge in [-0.15, -0.1) is 0 Å². The van der Waals surface area contributed by atoms with Crippen LogP contribution in [-0.4, -0.2) is 68.0 Å². The fourth-order valence-corrected chi connectivity index (χ4v) is 6.15. The molecular weight excluding hydrogens is 370 g/mol. The fourth-order valence-electron chi connectivity index (χ4n) is 2.33. The van der Waals surface area contributed by atoms with Gasteiger partial charge in [-0.3, -0.25) is 0 Å². The van der Waals surface area contributed by atoms with Crippen molar-refractivity contribution in [3.05, 3.63) is 28.8 Å². The molecule has 1 fully saturated rings. The van der Waals surface area contributed by atoms with Crippen LogP contribution in [0.5, 0.6) is 0 Å². The number of hydrogen-bond donors (Lipinski definition) is 2. The normalized spacial score (nSPS) is 24.0. The zero-order valence-electron chi connectivity index (χ0n) is 11.9. The molecule has 1 saturated heterocycles. The van der Waals surface area contributed by atoms with Crippen molar-refractivity contribution in [2.45, 2.75) is 17.0 Å². The first-order valence-corrected chi connectivity index (χ1v) is 9.99. The topological polar surface area (TPSA) is 129 Å². The molecule has 0 bridgehead atoms. The predicted molar refractivity (Wildman–Crippen MR) is 81.8 cm³/mol. The lowest BCUT2D eigenvalue weighted by Crippen LogP contribution is -2.44. The highest BCUT2D eigenvalue weighted by molar-refractivity contribution is 7.92. The van der Waals surface area contributed by atoms with Crippen LogP contribution >= 0.6 is 11.6 Å². The molecular formula is C12H14ClNO7S2. The van der Waals surface area contributed by atoms with E-state index in [9.17, 15) is 26.7 Å². The molecule has 128 valence electrons. The Labute approximate surface area is 138 Å². The molecule has 1 aliphatic heterocycles. The summed E-state index contributed by atoms with van der Waals surface area (Å²) in [5.41, 5.74) is -0.277. The van der Waals surface area contributed by atoms with Gasteiger partial charge in [0.2, 0.25) is 10.0 Å². The second-order valence-electron chi connectivity index (χ2n) is 5.18. The quantitative estimate of drug-likeness (QED) is 0.737. The summed E-state index contributed by atoms with van der Waals surface area (Å²) >= 11 is 5.85. The molecule has 1 aromatic rings. The maximum atomic E-state index is 12.6. The summed E-state index contributed by atoms with van der Waals surface area (Å²) in [5, 5.41) is 18.6. The summed E-state index contributed by atoms with van der Waals surface area (Å²) in [7, 11) is -6.71. The van der Waals surface area contributed by atoms with Gasteiger partial charge in [0.15, 0.2) is 9.84 Å². The van der Waals surface area contributed by atoms with Crippen molar-refractivity contribution in [3.8, 4) is 0 Å². The highest BCUT2D eigenvalue weighted by Crippen LogP contribution is 2.29. The van der Waals surface area contributed by atoms with Crippen molar-refractivity contribution in [1.29, 1.82) is 0 Å². The minimum atomic E-state index is -4.28. The van der Waals surface area contributed by atoms with Gasteiger partial charge in [0.1, 0.15) is 4.90 Å². The minimum Gasteiger partial charge on any atom is -0.478 e. The van der Waals surface area contributed by atoms with Crippen molar-refractivity contribution in [2.24, 2.45) is 0 Å².